The minimum atomic E-state index is -0.229. The summed E-state index contributed by atoms with van der Waals surface area (Å²) >= 11 is 0. The van der Waals surface area contributed by atoms with Crippen LogP contribution in [0.1, 0.15) is 29.0 Å². The molecular weight excluding hydrogens is 623 g/mol. The topological polar surface area (TPSA) is 49.6 Å². The van der Waals surface area contributed by atoms with Gasteiger partial charge in [-0.15, -0.1) is 0 Å². The molecule has 9 aromatic rings. The van der Waals surface area contributed by atoms with Crippen molar-refractivity contribution in [3.05, 3.63) is 193 Å². The minimum absolute atomic E-state index is 0.229. The first-order valence-electron chi connectivity index (χ1n) is 17.4. The number of amidine groups is 1. The van der Waals surface area contributed by atoms with Gasteiger partial charge in [0.05, 0.1) is 0 Å². The number of aliphatic imine (C=N–C) groups is 1. The lowest BCUT2D eigenvalue weighted by Gasteiger charge is -2.32. The molecule has 0 bridgehead atoms. The predicted octanol–water partition coefficient (Wildman–Crippen LogP) is 11.6. The van der Waals surface area contributed by atoms with Crippen molar-refractivity contribution in [2.24, 2.45) is 4.99 Å². The molecule has 0 aliphatic carbocycles. The van der Waals surface area contributed by atoms with Crippen molar-refractivity contribution in [3.8, 4) is 22.3 Å². The molecule has 2 unspecified atom stereocenters. The number of hydrogen-bond acceptors (Lipinski definition) is 4. The molecule has 4 heteroatoms. The van der Waals surface area contributed by atoms with Crippen molar-refractivity contribution in [1.82, 2.24) is 10.6 Å². The summed E-state index contributed by atoms with van der Waals surface area (Å²) < 4.78 is 6.87. The Kier molecular flexibility index (Phi) is 7.00. The lowest BCUT2D eigenvalue weighted by atomic mass is 9.94. The van der Waals surface area contributed by atoms with E-state index in [0.717, 1.165) is 66.4 Å². The van der Waals surface area contributed by atoms with Gasteiger partial charge in [0.1, 0.15) is 29.3 Å². The molecular formula is C47H33N3O. The number of nitrogens with zero attached hydrogens (tertiary/aromatic N) is 1. The van der Waals surface area contributed by atoms with E-state index in [-0.39, 0.29) is 12.3 Å². The van der Waals surface area contributed by atoms with Gasteiger partial charge in [-0.3, -0.25) is 5.32 Å². The molecule has 1 aliphatic heterocycles. The van der Waals surface area contributed by atoms with Gasteiger partial charge >= 0.3 is 0 Å². The van der Waals surface area contributed by atoms with Crippen LogP contribution in [0.2, 0.25) is 0 Å². The zero-order chi connectivity index (χ0) is 33.7. The first-order valence-corrected chi connectivity index (χ1v) is 17.4. The molecule has 0 radical (unpaired) electrons. The highest BCUT2D eigenvalue weighted by atomic mass is 16.3. The summed E-state index contributed by atoms with van der Waals surface area (Å²) in [6, 6.07) is 62.2. The average molecular weight is 656 g/mol. The van der Waals surface area contributed by atoms with Crippen LogP contribution in [0.15, 0.2) is 185 Å². The quantitative estimate of drug-likeness (QED) is 0.194. The van der Waals surface area contributed by atoms with Gasteiger partial charge in [-0.2, -0.15) is 0 Å². The number of furan rings is 1. The molecule has 2 heterocycles. The van der Waals surface area contributed by atoms with Crippen LogP contribution in [0, 0.1) is 0 Å². The smallest absolute Gasteiger partial charge is 0.143 e. The van der Waals surface area contributed by atoms with Crippen LogP contribution >= 0.6 is 0 Å². The molecule has 1 aliphatic rings. The largest absolute Gasteiger partial charge is 0.455 e. The molecule has 0 spiro atoms. The molecule has 0 fully saturated rings. The third-order valence-corrected chi connectivity index (χ3v) is 10.1. The van der Waals surface area contributed by atoms with Crippen molar-refractivity contribution in [3.63, 3.8) is 0 Å². The van der Waals surface area contributed by atoms with Gasteiger partial charge in [-0.25, -0.2) is 4.99 Å². The molecule has 0 saturated carbocycles. The molecule has 2 atom stereocenters. The zero-order valence-electron chi connectivity index (χ0n) is 27.8. The van der Waals surface area contributed by atoms with Gasteiger partial charge in [0.25, 0.3) is 0 Å². The number of fused-ring (bicyclic) bond motifs is 6. The van der Waals surface area contributed by atoms with Gasteiger partial charge < -0.3 is 9.73 Å². The van der Waals surface area contributed by atoms with Crippen LogP contribution in [0.25, 0.3) is 65.7 Å². The summed E-state index contributed by atoms with van der Waals surface area (Å²) in [5.41, 5.74) is 9.74. The third kappa shape index (κ3) is 5.16. The number of hydrogen-bond donors (Lipinski definition) is 2. The summed E-state index contributed by atoms with van der Waals surface area (Å²) in [6.07, 6.45) is -0.458. The fourth-order valence-corrected chi connectivity index (χ4v) is 7.66. The van der Waals surface area contributed by atoms with Gasteiger partial charge in [0.15, 0.2) is 0 Å². The van der Waals surface area contributed by atoms with Crippen molar-refractivity contribution in [1.29, 1.82) is 0 Å². The molecule has 8 aromatic carbocycles. The fourth-order valence-electron chi connectivity index (χ4n) is 7.66. The SMILES string of the molecule is c1ccc(C2=NC(c3ccccc3)NC(c3cc4ccccc4c4oc5cc(-c6cccc(-c7cccc8ccccc78)c6)ccc5c34)N2)cc1. The van der Waals surface area contributed by atoms with E-state index >= 15 is 0 Å². The average Bonchev–Trinajstić information content (AvgIpc) is 3.60. The van der Waals surface area contributed by atoms with E-state index in [9.17, 15) is 0 Å². The van der Waals surface area contributed by atoms with Gasteiger partial charge in [0.2, 0.25) is 0 Å². The van der Waals surface area contributed by atoms with Gasteiger partial charge in [-0.1, -0.05) is 152 Å². The Morgan fingerprint density at radius 3 is 2.02 bits per heavy atom. The van der Waals surface area contributed by atoms with Crippen LogP contribution < -0.4 is 10.6 Å². The van der Waals surface area contributed by atoms with E-state index < -0.39 is 0 Å². The maximum Gasteiger partial charge on any atom is 0.143 e. The van der Waals surface area contributed by atoms with Crippen LogP contribution in [-0.2, 0) is 0 Å². The second-order valence-corrected chi connectivity index (χ2v) is 13.2. The fraction of sp³-hybridized carbons (Fsp3) is 0.0426. The van der Waals surface area contributed by atoms with Gasteiger partial charge in [0, 0.05) is 27.3 Å². The molecule has 51 heavy (non-hydrogen) atoms. The Bertz CT molecular complexity index is 2760. The highest BCUT2D eigenvalue weighted by molar-refractivity contribution is 6.17. The van der Waals surface area contributed by atoms with Gasteiger partial charge in [-0.05, 0) is 68.2 Å². The highest BCUT2D eigenvalue weighted by Crippen LogP contribution is 2.41. The van der Waals surface area contributed by atoms with Crippen LogP contribution in [0.5, 0.6) is 0 Å². The Hall–Kier alpha value is -6.49. The standard InChI is InChI=1S/C47H33N3O/c1-3-14-31(15-4-1)45-48-46(32-16-5-2-6-17-32)50-47(49-45)41-28-36-18-8-10-23-39(36)44-43(41)40-26-25-34(29-42(40)51-44)33-20-11-21-35(27-33)38-24-12-19-30-13-7-9-22-37(30)38/h1-29,45,47,49H,(H,48,50). The summed E-state index contributed by atoms with van der Waals surface area (Å²) in [5, 5.41) is 14.5. The van der Waals surface area contributed by atoms with Crippen LogP contribution in [0.4, 0.5) is 0 Å². The van der Waals surface area contributed by atoms with E-state index in [0.29, 0.717) is 0 Å². The number of benzene rings is 8. The number of rotatable bonds is 5. The summed E-state index contributed by atoms with van der Waals surface area (Å²) in [5.74, 6) is 0.857. The first kappa shape index (κ1) is 29.4. The molecule has 2 N–H and O–H groups in total. The molecule has 4 nitrogen and oxygen atoms in total. The minimum Gasteiger partial charge on any atom is -0.455 e. The first-order chi connectivity index (χ1) is 25.3. The predicted molar refractivity (Wildman–Crippen MR) is 211 cm³/mol. The van der Waals surface area contributed by atoms with E-state index in [1.165, 1.54) is 21.9 Å². The lowest BCUT2D eigenvalue weighted by molar-refractivity contribution is 0.411. The maximum absolute atomic E-state index is 6.87. The van der Waals surface area contributed by atoms with E-state index in [1.54, 1.807) is 0 Å². The zero-order valence-corrected chi connectivity index (χ0v) is 27.8. The molecule has 0 amide bonds. The maximum atomic E-state index is 6.87. The van der Waals surface area contributed by atoms with Crippen LogP contribution in [0.3, 0.4) is 0 Å². The molecule has 1 aromatic heterocycles. The van der Waals surface area contributed by atoms with E-state index in [2.05, 4.69) is 174 Å². The summed E-state index contributed by atoms with van der Waals surface area (Å²) in [7, 11) is 0. The summed E-state index contributed by atoms with van der Waals surface area (Å²) in [4.78, 5) is 5.15. The monoisotopic (exact) mass is 655 g/mol. The Balaban J connectivity index is 1.12. The van der Waals surface area contributed by atoms with Crippen molar-refractivity contribution >= 4 is 49.3 Å². The lowest BCUT2D eigenvalue weighted by Crippen LogP contribution is -2.45. The highest BCUT2D eigenvalue weighted by Gasteiger charge is 2.28. The third-order valence-electron chi connectivity index (χ3n) is 10.1. The second kappa shape index (κ2) is 12.1. The van der Waals surface area contributed by atoms with Crippen molar-refractivity contribution < 1.29 is 4.42 Å². The Morgan fingerprint density at radius 2 is 1.16 bits per heavy atom. The van der Waals surface area contributed by atoms with E-state index in [4.69, 9.17) is 9.41 Å². The number of nitrogens with one attached hydrogen (secondary N) is 2. The van der Waals surface area contributed by atoms with Crippen molar-refractivity contribution in [2.75, 3.05) is 0 Å². The molecule has 0 saturated heterocycles. The second-order valence-electron chi connectivity index (χ2n) is 13.2. The Labute approximate surface area is 295 Å². The normalized spacial score (nSPS) is 16.0. The van der Waals surface area contributed by atoms with E-state index in [1.807, 2.05) is 12.1 Å². The van der Waals surface area contributed by atoms with Crippen molar-refractivity contribution in [2.45, 2.75) is 12.3 Å². The molecule has 10 rings (SSSR count). The summed E-state index contributed by atoms with van der Waals surface area (Å²) in [6.45, 7) is 0. The Morgan fingerprint density at radius 1 is 0.490 bits per heavy atom. The molecule has 242 valence electrons. The van der Waals surface area contributed by atoms with Crippen LogP contribution in [-0.4, -0.2) is 5.84 Å².